The van der Waals surface area contributed by atoms with E-state index in [1.807, 2.05) is 6.92 Å². The van der Waals surface area contributed by atoms with Crippen LogP contribution in [-0.2, 0) is 11.3 Å². The van der Waals surface area contributed by atoms with Crippen molar-refractivity contribution in [2.24, 2.45) is 0 Å². The summed E-state index contributed by atoms with van der Waals surface area (Å²) in [6.45, 7) is 3.84. The molecule has 0 radical (unpaired) electrons. The Morgan fingerprint density at radius 1 is 1.73 bits per heavy atom. The maximum atomic E-state index is 10.9. The van der Waals surface area contributed by atoms with E-state index in [9.17, 15) is 4.79 Å². The van der Waals surface area contributed by atoms with Gasteiger partial charge >= 0.3 is 5.69 Å². The summed E-state index contributed by atoms with van der Waals surface area (Å²) in [6.07, 6.45) is 3.33. The Morgan fingerprint density at radius 3 is 3.09 bits per heavy atom. The van der Waals surface area contributed by atoms with Crippen LogP contribution < -0.4 is 5.69 Å². The summed E-state index contributed by atoms with van der Waals surface area (Å²) in [6, 6.07) is 0. The summed E-state index contributed by atoms with van der Waals surface area (Å²) in [4.78, 5) is 13.4. The zero-order valence-electron chi connectivity index (χ0n) is 6.54. The third kappa shape index (κ3) is 2.23. The fraction of sp³-hybridized carbons (Fsp3) is 0.571. The predicted octanol–water partition coefficient (Wildman–Crippen LogP) is 0.213. The monoisotopic (exact) mass is 156 g/mol. The van der Waals surface area contributed by atoms with Gasteiger partial charge in [0.25, 0.3) is 0 Å². The van der Waals surface area contributed by atoms with E-state index in [0.29, 0.717) is 19.8 Å². The molecule has 0 bridgehead atoms. The minimum atomic E-state index is -0.0790. The molecule has 1 aromatic rings. The topological polar surface area (TPSA) is 47.0 Å². The Hall–Kier alpha value is -1.03. The van der Waals surface area contributed by atoms with E-state index < -0.39 is 0 Å². The van der Waals surface area contributed by atoms with Gasteiger partial charge in [-0.25, -0.2) is 4.79 Å². The molecule has 4 heteroatoms. The van der Waals surface area contributed by atoms with Crippen LogP contribution in [-0.4, -0.2) is 22.8 Å². The van der Waals surface area contributed by atoms with Crippen molar-refractivity contribution in [3.63, 3.8) is 0 Å². The van der Waals surface area contributed by atoms with Crippen LogP contribution in [0, 0.1) is 0 Å². The molecule has 0 aromatic carbocycles. The average molecular weight is 156 g/mol. The Kier molecular flexibility index (Phi) is 2.92. The highest BCUT2D eigenvalue weighted by atomic mass is 16.5. The highest BCUT2D eigenvalue weighted by molar-refractivity contribution is 4.75. The van der Waals surface area contributed by atoms with E-state index in [4.69, 9.17) is 4.74 Å². The summed E-state index contributed by atoms with van der Waals surface area (Å²) < 4.78 is 6.67. The standard InChI is InChI=1S/C7H12N2O2/c1-2-11-6-5-9-4-3-8-7(9)10/h3-4H,2,5-6H2,1H3,(H,8,10). The van der Waals surface area contributed by atoms with Crippen LogP contribution in [0.5, 0.6) is 0 Å². The molecular weight excluding hydrogens is 144 g/mol. The van der Waals surface area contributed by atoms with Gasteiger partial charge in [-0.15, -0.1) is 0 Å². The van der Waals surface area contributed by atoms with Gasteiger partial charge in [0.1, 0.15) is 0 Å². The highest BCUT2D eigenvalue weighted by Gasteiger charge is 1.93. The normalized spacial score (nSPS) is 10.3. The van der Waals surface area contributed by atoms with Crippen molar-refractivity contribution in [2.75, 3.05) is 13.2 Å². The Labute approximate surface area is 64.8 Å². The lowest BCUT2D eigenvalue weighted by atomic mass is 10.6. The third-order valence-corrected chi connectivity index (χ3v) is 1.40. The molecule has 0 aliphatic rings. The molecule has 0 aliphatic heterocycles. The number of rotatable bonds is 4. The number of aromatic nitrogens is 2. The van der Waals surface area contributed by atoms with Crippen LogP contribution in [0.2, 0.25) is 0 Å². The number of aromatic amines is 1. The smallest absolute Gasteiger partial charge is 0.325 e. The first-order chi connectivity index (χ1) is 5.34. The molecule has 1 heterocycles. The van der Waals surface area contributed by atoms with E-state index >= 15 is 0 Å². The quantitative estimate of drug-likeness (QED) is 0.633. The number of nitrogens with zero attached hydrogens (tertiary/aromatic N) is 1. The average Bonchev–Trinajstić information content (AvgIpc) is 2.37. The second-order valence-electron chi connectivity index (χ2n) is 2.16. The fourth-order valence-corrected chi connectivity index (χ4v) is 0.832. The van der Waals surface area contributed by atoms with E-state index in [0.717, 1.165) is 0 Å². The second-order valence-corrected chi connectivity index (χ2v) is 2.16. The van der Waals surface area contributed by atoms with Gasteiger partial charge in [-0.2, -0.15) is 0 Å². The third-order valence-electron chi connectivity index (χ3n) is 1.40. The predicted molar refractivity (Wildman–Crippen MR) is 41.5 cm³/mol. The number of imidazole rings is 1. The van der Waals surface area contributed by atoms with Gasteiger partial charge < -0.3 is 9.72 Å². The van der Waals surface area contributed by atoms with Crippen molar-refractivity contribution >= 4 is 0 Å². The molecule has 1 N–H and O–H groups in total. The maximum Gasteiger partial charge on any atom is 0.325 e. The molecule has 0 unspecified atom stereocenters. The van der Waals surface area contributed by atoms with Gasteiger partial charge in [-0.05, 0) is 6.92 Å². The van der Waals surface area contributed by atoms with Gasteiger partial charge in [0, 0.05) is 19.0 Å². The van der Waals surface area contributed by atoms with Gasteiger partial charge in [0.05, 0.1) is 13.2 Å². The van der Waals surface area contributed by atoms with E-state index in [1.165, 1.54) is 0 Å². The summed E-state index contributed by atoms with van der Waals surface area (Å²) in [5.74, 6) is 0. The summed E-state index contributed by atoms with van der Waals surface area (Å²) in [5.41, 5.74) is -0.0790. The van der Waals surface area contributed by atoms with E-state index in [1.54, 1.807) is 17.0 Å². The molecule has 1 rings (SSSR count). The van der Waals surface area contributed by atoms with Crippen molar-refractivity contribution in [1.82, 2.24) is 9.55 Å². The second kappa shape index (κ2) is 3.98. The fourth-order valence-electron chi connectivity index (χ4n) is 0.832. The lowest BCUT2D eigenvalue weighted by molar-refractivity contribution is 0.138. The first kappa shape index (κ1) is 8.07. The molecule has 0 spiro atoms. The lowest BCUT2D eigenvalue weighted by Crippen LogP contribution is -2.18. The molecular formula is C7H12N2O2. The summed E-state index contributed by atoms with van der Waals surface area (Å²) in [7, 11) is 0. The van der Waals surface area contributed by atoms with Crippen LogP contribution in [0.4, 0.5) is 0 Å². The maximum absolute atomic E-state index is 10.9. The molecule has 0 aliphatic carbocycles. The largest absolute Gasteiger partial charge is 0.380 e. The number of H-pyrrole nitrogens is 1. The molecule has 62 valence electrons. The van der Waals surface area contributed by atoms with Crippen LogP contribution in [0.25, 0.3) is 0 Å². The SMILES string of the molecule is CCOCCn1cc[nH]c1=O. The number of nitrogens with one attached hydrogen (secondary N) is 1. The van der Waals surface area contributed by atoms with Crippen molar-refractivity contribution < 1.29 is 4.74 Å². The number of hydrogen-bond acceptors (Lipinski definition) is 2. The number of ether oxygens (including phenoxy) is 1. The zero-order chi connectivity index (χ0) is 8.10. The Morgan fingerprint density at radius 2 is 2.55 bits per heavy atom. The van der Waals surface area contributed by atoms with Crippen LogP contribution in [0.3, 0.4) is 0 Å². The van der Waals surface area contributed by atoms with Crippen molar-refractivity contribution in [3.8, 4) is 0 Å². The molecule has 11 heavy (non-hydrogen) atoms. The minimum Gasteiger partial charge on any atom is -0.380 e. The van der Waals surface area contributed by atoms with E-state index in [-0.39, 0.29) is 5.69 Å². The first-order valence-electron chi connectivity index (χ1n) is 3.66. The van der Waals surface area contributed by atoms with E-state index in [2.05, 4.69) is 4.98 Å². The summed E-state index contributed by atoms with van der Waals surface area (Å²) >= 11 is 0. The van der Waals surface area contributed by atoms with Crippen LogP contribution in [0.1, 0.15) is 6.92 Å². The van der Waals surface area contributed by atoms with Crippen LogP contribution >= 0.6 is 0 Å². The molecule has 0 atom stereocenters. The van der Waals surface area contributed by atoms with Crippen molar-refractivity contribution in [2.45, 2.75) is 13.5 Å². The molecule has 4 nitrogen and oxygen atoms in total. The lowest BCUT2D eigenvalue weighted by Gasteiger charge is -1.99. The Bertz CT molecular complexity index is 251. The molecule has 0 amide bonds. The molecule has 1 aromatic heterocycles. The Balaban J connectivity index is 2.39. The molecule has 0 saturated heterocycles. The summed E-state index contributed by atoms with van der Waals surface area (Å²) in [5, 5.41) is 0. The van der Waals surface area contributed by atoms with Gasteiger partial charge in [-0.3, -0.25) is 4.57 Å². The van der Waals surface area contributed by atoms with Crippen LogP contribution in [0.15, 0.2) is 17.2 Å². The van der Waals surface area contributed by atoms with Crippen molar-refractivity contribution in [1.29, 1.82) is 0 Å². The first-order valence-corrected chi connectivity index (χ1v) is 3.66. The zero-order valence-corrected chi connectivity index (χ0v) is 6.54. The molecule has 0 fully saturated rings. The van der Waals surface area contributed by atoms with Gasteiger partial charge in [0.2, 0.25) is 0 Å². The van der Waals surface area contributed by atoms with Gasteiger partial charge in [-0.1, -0.05) is 0 Å². The number of hydrogen-bond donors (Lipinski definition) is 1. The highest BCUT2D eigenvalue weighted by Crippen LogP contribution is 1.80. The minimum absolute atomic E-state index is 0.0790. The van der Waals surface area contributed by atoms with Crippen molar-refractivity contribution in [3.05, 3.63) is 22.9 Å². The van der Waals surface area contributed by atoms with Gasteiger partial charge in [0.15, 0.2) is 0 Å². The molecule has 0 saturated carbocycles.